The molecule has 3 aromatic rings. The minimum atomic E-state index is -0.377. The number of hydrogen-bond acceptors (Lipinski definition) is 3. The monoisotopic (exact) mass is 392 g/mol. The van der Waals surface area contributed by atoms with E-state index in [1.165, 1.54) is 0 Å². The Morgan fingerprint density at radius 1 is 1.10 bits per heavy atom. The van der Waals surface area contributed by atoms with E-state index in [0.717, 1.165) is 16.9 Å². The quantitative estimate of drug-likeness (QED) is 0.688. The van der Waals surface area contributed by atoms with Crippen molar-refractivity contribution in [1.29, 1.82) is 0 Å². The molecule has 1 heterocycles. The molecule has 0 aliphatic rings. The second-order valence-electron chi connectivity index (χ2n) is 8.25. The molecule has 6 heteroatoms. The van der Waals surface area contributed by atoms with Gasteiger partial charge in [0.25, 0.3) is 5.91 Å². The van der Waals surface area contributed by atoms with Crippen LogP contribution in [0.25, 0.3) is 11.0 Å². The zero-order valence-corrected chi connectivity index (χ0v) is 17.7. The predicted molar refractivity (Wildman–Crippen MR) is 116 cm³/mol. The molecule has 1 aromatic heterocycles. The van der Waals surface area contributed by atoms with Gasteiger partial charge in [-0.15, -0.1) is 0 Å². The van der Waals surface area contributed by atoms with Gasteiger partial charge >= 0.3 is 0 Å². The first-order valence-corrected chi connectivity index (χ1v) is 9.83. The van der Waals surface area contributed by atoms with Crippen LogP contribution in [0.2, 0.25) is 0 Å². The van der Waals surface area contributed by atoms with E-state index in [1.54, 1.807) is 13.0 Å². The Balaban J connectivity index is 2.11. The van der Waals surface area contributed by atoms with Crippen LogP contribution in [0.5, 0.6) is 0 Å². The lowest BCUT2D eigenvalue weighted by molar-refractivity contribution is -0.115. The van der Waals surface area contributed by atoms with E-state index in [9.17, 15) is 9.59 Å². The first-order chi connectivity index (χ1) is 13.7. The number of carbonyl (C=O) groups excluding carboxylic acids is 2. The number of hydrogen-bond donors (Lipinski definition) is 2. The summed E-state index contributed by atoms with van der Waals surface area (Å²) in [4.78, 5) is 29.7. The van der Waals surface area contributed by atoms with Gasteiger partial charge in [0, 0.05) is 31.1 Å². The number of aromatic nitrogens is 2. The van der Waals surface area contributed by atoms with Crippen molar-refractivity contribution >= 4 is 28.5 Å². The van der Waals surface area contributed by atoms with Gasteiger partial charge in [0.05, 0.1) is 16.6 Å². The Labute approximate surface area is 171 Å². The smallest absolute Gasteiger partial charge is 0.253 e. The van der Waals surface area contributed by atoms with Crippen molar-refractivity contribution in [2.75, 3.05) is 5.32 Å². The third-order valence-electron chi connectivity index (χ3n) is 4.60. The summed E-state index contributed by atoms with van der Waals surface area (Å²) in [6.07, 6.45) is 1.02. The molecule has 0 spiro atoms. The highest BCUT2D eigenvalue weighted by Crippen LogP contribution is 2.26. The molecule has 2 N–H and O–H groups in total. The number of fused-ring (bicyclic) bond motifs is 1. The van der Waals surface area contributed by atoms with E-state index in [4.69, 9.17) is 4.98 Å². The molecule has 0 aliphatic carbocycles. The highest BCUT2D eigenvalue weighted by Gasteiger charge is 2.22. The zero-order chi connectivity index (χ0) is 21.2. The molecule has 3 rings (SSSR count). The van der Waals surface area contributed by atoms with E-state index in [1.807, 2.05) is 56.7 Å². The van der Waals surface area contributed by atoms with Crippen molar-refractivity contribution < 1.29 is 9.59 Å². The van der Waals surface area contributed by atoms with Crippen molar-refractivity contribution in [2.45, 2.75) is 46.1 Å². The van der Waals surface area contributed by atoms with Gasteiger partial charge in [-0.2, -0.15) is 0 Å². The van der Waals surface area contributed by atoms with Gasteiger partial charge in [0.1, 0.15) is 5.82 Å². The van der Waals surface area contributed by atoms with Crippen LogP contribution in [0, 0.1) is 0 Å². The summed E-state index contributed by atoms with van der Waals surface area (Å²) in [6, 6.07) is 13.6. The van der Waals surface area contributed by atoms with Crippen LogP contribution in [0.15, 0.2) is 42.5 Å². The van der Waals surface area contributed by atoms with Crippen molar-refractivity contribution in [1.82, 2.24) is 14.9 Å². The minimum Gasteiger partial charge on any atom is -0.347 e. The summed E-state index contributed by atoms with van der Waals surface area (Å²) in [6.45, 7) is 7.61. The Kier molecular flexibility index (Phi) is 5.73. The Morgan fingerprint density at radius 3 is 2.41 bits per heavy atom. The second-order valence-corrected chi connectivity index (χ2v) is 8.25. The van der Waals surface area contributed by atoms with Gasteiger partial charge in [-0.25, -0.2) is 4.98 Å². The van der Waals surface area contributed by atoms with Crippen LogP contribution >= 0.6 is 0 Å². The Morgan fingerprint density at radius 2 is 1.79 bits per heavy atom. The lowest BCUT2D eigenvalue weighted by Crippen LogP contribution is -2.40. The van der Waals surface area contributed by atoms with Crippen LogP contribution in [-0.2, 0) is 18.3 Å². The highest BCUT2D eigenvalue weighted by molar-refractivity contribution is 6.08. The maximum Gasteiger partial charge on any atom is 0.253 e. The van der Waals surface area contributed by atoms with Gasteiger partial charge in [-0.05, 0) is 38.5 Å². The molecule has 0 saturated carbocycles. The zero-order valence-electron chi connectivity index (χ0n) is 17.7. The fourth-order valence-electron chi connectivity index (χ4n) is 3.24. The van der Waals surface area contributed by atoms with Gasteiger partial charge in [-0.1, -0.05) is 37.3 Å². The number of rotatable bonds is 5. The van der Waals surface area contributed by atoms with Crippen molar-refractivity contribution in [3.63, 3.8) is 0 Å². The third-order valence-corrected chi connectivity index (χ3v) is 4.60. The lowest BCUT2D eigenvalue weighted by atomic mass is 10.1. The van der Waals surface area contributed by atoms with E-state index in [2.05, 4.69) is 22.8 Å². The van der Waals surface area contributed by atoms with Gasteiger partial charge in [0.15, 0.2) is 0 Å². The third kappa shape index (κ3) is 4.83. The molecule has 0 unspecified atom stereocenters. The van der Waals surface area contributed by atoms with Crippen LogP contribution in [0.4, 0.5) is 5.69 Å². The number of nitrogens with one attached hydrogen (secondary N) is 2. The molecular weight excluding hydrogens is 364 g/mol. The first kappa shape index (κ1) is 20.6. The predicted octanol–water partition coefficient (Wildman–Crippen LogP) is 4.04. The second kappa shape index (κ2) is 8.07. The van der Waals surface area contributed by atoms with Gasteiger partial charge < -0.3 is 15.2 Å². The fraction of sp³-hybridized carbons (Fsp3) is 0.348. The summed E-state index contributed by atoms with van der Waals surface area (Å²) in [5.41, 5.74) is 3.29. The number of amides is 2. The topological polar surface area (TPSA) is 76.0 Å². The number of imidazole rings is 1. The molecule has 0 bridgehead atoms. The molecule has 0 fully saturated rings. The van der Waals surface area contributed by atoms with E-state index < -0.39 is 0 Å². The van der Waals surface area contributed by atoms with Crippen molar-refractivity contribution in [2.24, 2.45) is 7.05 Å². The molecule has 152 valence electrons. The molecular formula is C23H28N4O2. The minimum absolute atomic E-state index is 0.105. The van der Waals surface area contributed by atoms with Crippen LogP contribution in [-0.4, -0.2) is 26.9 Å². The summed E-state index contributed by atoms with van der Waals surface area (Å²) in [5.74, 6) is 0.561. The average molecular weight is 393 g/mol. The highest BCUT2D eigenvalue weighted by atomic mass is 16.2. The van der Waals surface area contributed by atoms with Gasteiger partial charge in [0.2, 0.25) is 5.91 Å². The number of nitrogens with zero attached hydrogens (tertiary/aromatic N) is 2. The summed E-state index contributed by atoms with van der Waals surface area (Å²) >= 11 is 0. The number of carbonyl (C=O) groups is 2. The normalized spacial score (nSPS) is 11.5. The molecule has 0 aliphatic heterocycles. The van der Waals surface area contributed by atoms with Crippen LogP contribution in [0.3, 0.4) is 0 Å². The number of anilines is 1. The maximum atomic E-state index is 13.0. The largest absolute Gasteiger partial charge is 0.347 e. The van der Waals surface area contributed by atoms with E-state index >= 15 is 0 Å². The number of benzene rings is 2. The molecule has 0 radical (unpaired) electrons. The van der Waals surface area contributed by atoms with Crippen molar-refractivity contribution in [3.8, 4) is 0 Å². The molecule has 0 saturated heterocycles. The van der Waals surface area contributed by atoms with Crippen LogP contribution in [0.1, 0.15) is 55.9 Å². The van der Waals surface area contributed by atoms with E-state index in [-0.39, 0.29) is 17.4 Å². The summed E-state index contributed by atoms with van der Waals surface area (Å²) in [5, 5.41) is 5.87. The first-order valence-electron chi connectivity index (χ1n) is 9.83. The van der Waals surface area contributed by atoms with E-state index in [0.29, 0.717) is 29.6 Å². The van der Waals surface area contributed by atoms with Crippen LogP contribution < -0.4 is 10.6 Å². The standard InChI is InChI=1S/C23H28N4O2/c1-6-20(28)24-16-13-17(22(29)26-23(2,3)4)21-18(14-16)25-19(27(21)5)12-15-10-8-7-9-11-15/h7-11,13-14H,6,12H2,1-5H3,(H,24,28)(H,26,29). The SMILES string of the molecule is CCC(=O)Nc1cc(C(=O)NC(C)(C)C)c2c(c1)nc(Cc1ccccc1)n2C. The van der Waals surface area contributed by atoms with Gasteiger partial charge in [-0.3, -0.25) is 9.59 Å². The molecule has 29 heavy (non-hydrogen) atoms. The maximum absolute atomic E-state index is 13.0. The summed E-state index contributed by atoms with van der Waals surface area (Å²) in [7, 11) is 1.92. The average Bonchev–Trinajstić information content (AvgIpc) is 2.96. The Hall–Kier alpha value is -3.15. The molecule has 2 aromatic carbocycles. The Bertz CT molecular complexity index is 1050. The summed E-state index contributed by atoms with van der Waals surface area (Å²) < 4.78 is 1.96. The fourth-order valence-corrected chi connectivity index (χ4v) is 3.24. The molecule has 0 atom stereocenters. The van der Waals surface area contributed by atoms with Crippen molar-refractivity contribution in [3.05, 3.63) is 59.4 Å². The number of aryl methyl sites for hydroxylation is 1. The molecule has 6 nitrogen and oxygen atoms in total. The molecule has 2 amide bonds. The lowest BCUT2D eigenvalue weighted by Gasteiger charge is -2.21.